The molecule has 0 fully saturated rings. The maximum atomic E-state index is 12.7. The van der Waals surface area contributed by atoms with E-state index in [9.17, 15) is 8.42 Å². The molecule has 0 atom stereocenters. The smallest absolute Gasteiger partial charge is 0.240 e. The Hall–Kier alpha value is -3.21. The maximum absolute atomic E-state index is 12.7. The second-order valence-corrected chi connectivity index (χ2v) is 9.42. The molecular formula is C22H22ClN5O4S. The van der Waals surface area contributed by atoms with E-state index in [1.807, 2.05) is 18.2 Å². The van der Waals surface area contributed by atoms with E-state index in [0.29, 0.717) is 39.3 Å². The number of aryl methyl sites for hydroxylation is 2. The van der Waals surface area contributed by atoms with E-state index in [0.717, 1.165) is 5.56 Å². The van der Waals surface area contributed by atoms with E-state index >= 15 is 0 Å². The van der Waals surface area contributed by atoms with E-state index in [4.69, 9.17) is 21.1 Å². The van der Waals surface area contributed by atoms with Gasteiger partial charge >= 0.3 is 0 Å². The summed E-state index contributed by atoms with van der Waals surface area (Å²) in [6.07, 6.45) is 0. The van der Waals surface area contributed by atoms with Crippen LogP contribution in [0.3, 0.4) is 0 Å². The number of nitrogens with zero attached hydrogens (tertiary/aromatic N) is 4. The molecule has 172 valence electrons. The zero-order valence-corrected chi connectivity index (χ0v) is 19.8. The normalized spacial score (nSPS) is 11.6. The van der Waals surface area contributed by atoms with Gasteiger partial charge in [-0.15, -0.1) is 15.3 Å². The second kappa shape index (κ2) is 9.34. The SMILES string of the molecule is COc1cc(C)c(S(=O)(=O)NCCOc2ccc3nnc(-c4ccccc4Cl)n3n2)cc1C. The number of methoxy groups -OCH3 is 1. The largest absolute Gasteiger partial charge is 0.496 e. The third-order valence-electron chi connectivity index (χ3n) is 4.98. The number of halogens is 1. The first-order valence-corrected chi connectivity index (χ1v) is 11.9. The Labute approximate surface area is 196 Å². The lowest BCUT2D eigenvalue weighted by molar-refractivity contribution is 0.306. The topological polar surface area (TPSA) is 108 Å². The van der Waals surface area contributed by atoms with Gasteiger partial charge in [-0.05, 0) is 55.3 Å². The fourth-order valence-corrected chi connectivity index (χ4v) is 4.88. The van der Waals surface area contributed by atoms with E-state index in [-0.39, 0.29) is 18.0 Å². The third kappa shape index (κ3) is 4.77. The molecule has 0 aliphatic carbocycles. The fourth-order valence-electron chi connectivity index (χ4n) is 3.34. The Bertz CT molecular complexity index is 1420. The molecule has 0 amide bonds. The molecule has 0 aliphatic heterocycles. The summed E-state index contributed by atoms with van der Waals surface area (Å²) >= 11 is 6.28. The Morgan fingerprint density at radius 2 is 1.85 bits per heavy atom. The Morgan fingerprint density at radius 1 is 1.06 bits per heavy atom. The molecule has 0 unspecified atom stereocenters. The molecule has 2 aromatic carbocycles. The van der Waals surface area contributed by atoms with Crippen molar-refractivity contribution in [3.05, 3.63) is 64.7 Å². The Kier molecular flexibility index (Phi) is 6.50. The van der Waals surface area contributed by atoms with Crippen molar-refractivity contribution in [1.29, 1.82) is 0 Å². The molecule has 2 aromatic heterocycles. The van der Waals surface area contributed by atoms with Crippen molar-refractivity contribution in [3.63, 3.8) is 0 Å². The van der Waals surface area contributed by atoms with Crippen molar-refractivity contribution in [1.82, 2.24) is 24.5 Å². The van der Waals surface area contributed by atoms with Crippen molar-refractivity contribution in [2.45, 2.75) is 18.7 Å². The zero-order valence-electron chi connectivity index (χ0n) is 18.2. The number of hydrogen-bond acceptors (Lipinski definition) is 7. The van der Waals surface area contributed by atoms with Gasteiger partial charge < -0.3 is 9.47 Å². The first kappa shape index (κ1) is 23.0. The monoisotopic (exact) mass is 487 g/mol. The summed E-state index contributed by atoms with van der Waals surface area (Å²) in [5.41, 5.74) is 2.55. The van der Waals surface area contributed by atoms with E-state index < -0.39 is 10.0 Å². The van der Waals surface area contributed by atoms with Gasteiger partial charge in [-0.3, -0.25) is 0 Å². The van der Waals surface area contributed by atoms with Crippen molar-refractivity contribution < 1.29 is 17.9 Å². The molecule has 4 aromatic rings. The van der Waals surface area contributed by atoms with Crippen LogP contribution in [0.25, 0.3) is 17.0 Å². The summed E-state index contributed by atoms with van der Waals surface area (Å²) in [6.45, 7) is 3.66. The summed E-state index contributed by atoms with van der Waals surface area (Å²) in [4.78, 5) is 0.203. The number of benzene rings is 2. The highest BCUT2D eigenvalue weighted by Crippen LogP contribution is 2.27. The van der Waals surface area contributed by atoms with Gasteiger partial charge in [0.2, 0.25) is 15.9 Å². The van der Waals surface area contributed by atoms with Crippen molar-refractivity contribution in [2.24, 2.45) is 0 Å². The van der Waals surface area contributed by atoms with Gasteiger partial charge in [0, 0.05) is 18.2 Å². The minimum atomic E-state index is -3.71. The number of ether oxygens (including phenoxy) is 2. The summed E-state index contributed by atoms with van der Waals surface area (Å²) in [5.74, 6) is 1.42. The lowest BCUT2D eigenvalue weighted by Gasteiger charge is -2.13. The molecule has 33 heavy (non-hydrogen) atoms. The van der Waals surface area contributed by atoms with Crippen molar-refractivity contribution in [2.75, 3.05) is 20.3 Å². The molecular weight excluding hydrogens is 466 g/mol. The predicted octanol–water partition coefficient (Wildman–Crippen LogP) is 3.43. The van der Waals surface area contributed by atoms with Crippen LogP contribution in [0, 0.1) is 13.8 Å². The first-order chi connectivity index (χ1) is 15.8. The van der Waals surface area contributed by atoms with Gasteiger partial charge in [-0.1, -0.05) is 23.7 Å². The molecule has 1 N–H and O–H groups in total. The number of hydrogen-bond donors (Lipinski definition) is 1. The first-order valence-electron chi connectivity index (χ1n) is 10.1. The van der Waals surface area contributed by atoms with E-state index in [2.05, 4.69) is 20.0 Å². The summed E-state index contributed by atoms with van der Waals surface area (Å²) in [5, 5.41) is 13.2. The van der Waals surface area contributed by atoms with Gasteiger partial charge in [0.05, 0.1) is 17.0 Å². The Morgan fingerprint density at radius 3 is 2.61 bits per heavy atom. The average Bonchev–Trinajstić information content (AvgIpc) is 3.21. The Balaban J connectivity index is 1.45. The van der Waals surface area contributed by atoms with Gasteiger partial charge in [0.25, 0.3) is 0 Å². The number of fused-ring (bicyclic) bond motifs is 1. The highest BCUT2D eigenvalue weighted by atomic mass is 35.5. The number of rotatable bonds is 8. The average molecular weight is 488 g/mol. The molecule has 9 nitrogen and oxygen atoms in total. The third-order valence-corrected chi connectivity index (χ3v) is 6.91. The van der Waals surface area contributed by atoms with Gasteiger partial charge in [-0.2, -0.15) is 4.52 Å². The molecule has 2 heterocycles. The minimum absolute atomic E-state index is 0.0616. The summed E-state index contributed by atoms with van der Waals surface area (Å²) in [6, 6.07) is 13.9. The highest BCUT2D eigenvalue weighted by molar-refractivity contribution is 7.89. The second-order valence-electron chi connectivity index (χ2n) is 7.28. The molecule has 4 rings (SSSR count). The van der Waals surface area contributed by atoms with Crippen molar-refractivity contribution >= 4 is 27.3 Å². The maximum Gasteiger partial charge on any atom is 0.240 e. The molecule has 0 spiro atoms. The van der Waals surface area contributed by atoms with Crippen LogP contribution >= 0.6 is 11.6 Å². The van der Waals surface area contributed by atoms with Crippen molar-refractivity contribution in [3.8, 4) is 23.0 Å². The van der Waals surface area contributed by atoms with Gasteiger partial charge in [0.15, 0.2) is 11.5 Å². The molecule has 0 saturated heterocycles. The van der Waals surface area contributed by atoms with Crippen LogP contribution in [0.1, 0.15) is 11.1 Å². The highest BCUT2D eigenvalue weighted by Gasteiger charge is 2.19. The van der Waals surface area contributed by atoms with Crippen LogP contribution in [0.2, 0.25) is 5.02 Å². The van der Waals surface area contributed by atoms with Crippen LogP contribution in [0.4, 0.5) is 0 Å². The lowest BCUT2D eigenvalue weighted by atomic mass is 10.1. The number of sulfonamides is 1. The predicted molar refractivity (Wildman–Crippen MR) is 124 cm³/mol. The van der Waals surface area contributed by atoms with Crippen LogP contribution in [-0.4, -0.2) is 48.5 Å². The van der Waals surface area contributed by atoms with Gasteiger partial charge in [0.1, 0.15) is 12.4 Å². The summed E-state index contributed by atoms with van der Waals surface area (Å²) in [7, 11) is -2.16. The standard InChI is InChI=1S/C22H22ClN5O4S/c1-14-13-19(15(2)12-18(14)31-3)33(29,30)24-10-11-32-21-9-8-20-25-26-22(28(20)27-21)16-6-4-5-7-17(16)23/h4-9,12-13,24H,10-11H2,1-3H3. The van der Waals surface area contributed by atoms with E-state index in [1.54, 1.807) is 51.3 Å². The fraction of sp³-hybridized carbons (Fsp3) is 0.227. The lowest BCUT2D eigenvalue weighted by Crippen LogP contribution is -2.29. The quantitative estimate of drug-likeness (QED) is 0.379. The molecule has 0 bridgehead atoms. The molecule has 0 aliphatic rings. The van der Waals surface area contributed by atoms with Crippen LogP contribution in [0.15, 0.2) is 53.4 Å². The molecule has 0 saturated carbocycles. The summed E-state index contributed by atoms with van der Waals surface area (Å²) < 4.78 is 40.5. The number of nitrogens with one attached hydrogen (secondary N) is 1. The van der Waals surface area contributed by atoms with Crippen LogP contribution in [0.5, 0.6) is 11.6 Å². The number of aromatic nitrogens is 4. The van der Waals surface area contributed by atoms with Crippen LogP contribution < -0.4 is 14.2 Å². The molecule has 0 radical (unpaired) electrons. The van der Waals surface area contributed by atoms with Crippen LogP contribution in [-0.2, 0) is 10.0 Å². The minimum Gasteiger partial charge on any atom is -0.496 e. The molecule has 11 heteroatoms. The van der Waals surface area contributed by atoms with Gasteiger partial charge in [-0.25, -0.2) is 13.1 Å². The van der Waals surface area contributed by atoms with E-state index in [1.165, 1.54) is 4.52 Å². The zero-order chi connectivity index (χ0) is 23.6.